The second-order valence-electron chi connectivity index (χ2n) is 9.48. The number of likely N-dealkylation sites (tertiary alicyclic amines) is 1. The predicted molar refractivity (Wildman–Crippen MR) is 125 cm³/mol. The van der Waals surface area contributed by atoms with Gasteiger partial charge in [-0.1, -0.05) is 26.6 Å². The van der Waals surface area contributed by atoms with Gasteiger partial charge < -0.3 is 24.3 Å². The number of nitrogens with zero attached hydrogens (tertiary/aromatic N) is 4. The highest BCUT2D eigenvalue weighted by molar-refractivity contribution is 6.76. The van der Waals surface area contributed by atoms with Crippen LogP contribution in [0.4, 0.5) is 15.4 Å². The van der Waals surface area contributed by atoms with Gasteiger partial charge in [-0.25, -0.2) is 19.6 Å². The molecule has 176 valence electrons. The number of piperidine rings is 1. The zero-order valence-electron chi connectivity index (χ0n) is 19.6. The fourth-order valence-corrected chi connectivity index (χ4v) is 4.40. The number of carbonyl (C=O) groups excluding carboxylic acids is 2. The van der Waals surface area contributed by atoms with Crippen LogP contribution < -0.4 is 10.6 Å². The van der Waals surface area contributed by atoms with Gasteiger partial charge in [0.1, 0.15) is 12.2 Å². The highest BCUT2D eigenvalue weighted by Gasteiger charge is 2.30. The molecule has 0 spiro atoms. The summed E-state index contributed by atoms with van der Waals surface area (Å²) in [4.78, 5) is 34.8. The van der Waals surface area contributed by atoms with Gasteiger partial charge in [0.15, 0.2) is 11.5 Å². The maximum Gasteiger partial charge on any atom is 0.409 e. The standard InChI is InChI=1S/C21H34N6O4Si/c1-15-13-26(21(29)30-2)8-6-16(15)24-20(28)25-18-12-22-19-17(23-18)7-9-27(19)14-31-10-11-32(3,4)5/h7,9,12,15-16H,6,8,10-11,13-14H2,1-5H3,(H2,23,24,25,28)/t15-,16+/m1/s1. The Labute approximate surface area is 189 Å². The molecule has 1 saturated heterocycles. The van der Waals surface area contributed by atoms with E-state index in [9.17, 15) is 9.59 Å². The van der Waals surface area contributed by atoms with Gasteiger partial charge in [0, 0.05) is 40.0 Å². The number of nitrogens with one attached hydrogen (secondary N) is 2. The van der Waals surface area contributed by atoms with Gasteiger partial charge in [0.2, 0.25) is 0 Å². The van der Waals surface area contributed by atoms with E-state index in [0.717, 1.165) is 12.7 Å². The highest BCUT2D eigenvalue weighted by atomic mass is 28.3. The third-order valence-corrected chi connectivity index (χ3v) is 7.29. The Kier molecular flexibility index (Phi) is 7.72. The molecule has 0 aliphatic carbocycles. The molecule has 10 nitrogen and oxygen atoms in total. The minimum Gasteiger partial charge on any atom is -0.453 e. The maximum atomic E-state index is 12.5. The zero-order valence-corrected chi connectivity index (χ0v) is 20.6. The molecule has 32 heavy (non-hydrogen) atoms. The van der Waals surface area contributed by atoms with Gasteiger partial charge >= 0.3 is 12.1 Å². The Morgan fingerprint density at radius 3 is 2.78 bits per heavy atom. The van der Waals surface area contributed by atoms with Crippen molar-refractivity contribution in [2.75, 3.05) is 32.1 Å². The number of rotatable bonds is 7. The molecule has 3 rings (SSSR count). The summed E-state index contributed by atoms with van der Waals surface area (Å²) >= 11 is 0. The summed E-state index contributed by atoms with van der Waals surface area (Å²) in [6.45, 7) is 11.2. The molecule has 11 heteroatoms. The van der Waals surface area contributed by atoms with Crippen molar-refractivity contribution in [2.45, 2.75) is 51.8 Å². The van der Waals surface area contributed by atoms with Gasteiger partial charge in [-0.15, -0.1) is 0 Å². The number of ether oxygens (including phenoxy) is 2. The lowest BCUT2D eigenvalue weighted by atomic mass is 9.94. The van der Waals surface area contributed by atoms with Gasteiger partial charge in [-0.05, 0) is 24.4 Å². The molecule has 2 atom stereocenters. The van der Waals surface area contributed by atoms with E-state index in [4.69, 9.17) is 9.47 Å². The SMILES string of the molecule is COC(=O)N1CC[C@H](NC(=O)Nc2cnc3c(ccn3COCC[Si](C)(C)C)n2)[C@H](C)C1. The Morgan fingerprint density at radius 1 is 1.31 bits per heavy atom. The largest absolute Gasteiger partial charge is 0.453 e. The lowest BCUT2D eigenvalue weighted by molar-refractivity contribution is 0.0898. The minimum atomic E-state index is -1.12. The Bertz CT molecular complexity index is 944. The molecule has 3 amide bonds. The number of carbonyl (C=O) groups is 2. The maximum absolute atomic E-state index is 12.5. The second-order valence-corrected chi connectivity index (χ2v) is 15.1. The van der Waals surface area contributed by atoms with Crippen LogP contribution >= 0.6 is 0 Å². The zero-order chi connectivity index (χ0) is 23.3. The van der Waals surface area contributed by atoms with Crippen LogP contribution in [-0.2, 0) is 16.2 Å². The molecular weight excluding hydrogens is 428 g/mol. The molecule has 2 aromatic heterocycles. The third kappa shape index (κ3) is 6.42. The monoisotopic (exact) mass is 462 g/mol. The van der Waals surface area contributed by atoms with E-state index in [-0.39, 0.29) is 24.1 Å². The van der Waals surface area contributed by atoms with E-state index >= 15 is 0 Å². The van der Waals surface area contributed by atoms with Crippen molar-refractivity contribution in [1.29, 1.82) is 0 Å². The molecular formula is C21H34N6O4Si. The van der Waals surface area contributed by atoms with Crippen LogP contribution in [0.1, 0.15) is 13.3 Å². The molecule has 0 unspecified atom stereocenters. The summed E-state index contributed by atoms with van der Waals surface area (Å²) in [6, 6.07) is 2.59. The van der Waals surface area contributed by atoms with Crippen molar-refractivity contribution < 1.29 is 19.1 Å². The summed E-state index contributed by atoms with van der Waals surface area (Å²) < 4.78 is 12.5. The van der Waals surface area contributed by atoms with E-state index in [1.165, 1.54) is 7.11 Å². The Balaban J connectivity index is 1.52. The number of hydrogen-bond donors (Lipinski definition) is 2. The summed E-state index contributed by atoms with van der Waals surface area (Å²) in [5, 5.41) is 5.74. The lowest BCUT2D eigenvalue weighted by Crippen LogP contribution is -2.52. The Morgan fingerprint density at radius 2 is 2.09 bits per heavy atom. The van der Waals surface area contributed by atoms with Crippen LogP contribution in [0.15, 0.2) is 18.5 Å². The van der Waals surface area contributed by atoms with Crippen LogP contribution in [0.5, 0.6) is 0 Å². The van der Waals surface area contributed by atoms with Crippen molar-refractivity contribution in [1.82, 2.24) is 24.8 Å². The molecule has 0 radical (unpaired) electrons. The smallest absolute Gasteiger partial charge is 0.409 e. The minimum absolute atomic E-state index is 0.0398. The summed E-state index contributed by atoms with van der Waals surface area (Å²) in [5.41, 5.74) is 1.41. The summed E-state index contributed by atoms with van der Waals surface area (Å²) in [6.07, 6.45) is 3.76. The van der Waals surface area contributed by atoms with Crippen molar-refractivity contribution in [3.63, 3.8) is 0 Å². The molecule has 0 bridgehead atoms. The van der Waals surface area contributed by atoms with Gasteiger partial charge in [-0.2, -0.15) is 0 Å². The van der Waals surface area contributed by atoms with E-state index in [1.807, 2.05) is 23.8 Å². The molecule has 1 aliphatic heterocycles. The van der Waals surface area contributed by atoms with E-state index in [0.29, 0.717) is 43.2 Å². The molecule has 0 aromatic carbocycles. The normalized spacial score (nSPS) is 19.1. The van der Waals surface area contributed by atoms with E-state index < -0.39 is 8.07 Å². The molecule has 1 aliphatic rings. The quantitative estimate of drug-likeness (QED) is 0.482. The van der Waals surface area contributed by atoms with Crippen molar-refractivity contribution >= 4 is 37.2 Å². The molecule has 0 saturated carbocycles. The van der Waals surface area contributed by atoms with Gasteiger partial charge in [0.25, 0.3) is 0 Å². The van der Waals surface area contributed by atoms with Crippen LogP contribution in [0.3, 0.4) is 0 Å². The number of amides is 3. The fraction of sp³-hybridized carbons (Fsp3) is 0.619. The average molecular weight is 463 g/mol. The number of methoxy groups -OCH3 is 1. The van der Waals surface area contributed by atoms with E-state index in [2.05, 4.69) is 40.2 Å². The van der Waals surface area contributed by atoms with Crippen LogP contribution in [-0.4, -0.2) is 72.5 Å². The number of aromatic nitrogens is 3. The molecule has 3 heterocycles. The predicted octanol–water partition coefficient (Wildman–Crippen LogP) is 3.34. The first-order valence-corrected chi connectivity index (χ1v) is 14.7. The van der Waals surface area contributed by atoms with Gasteiger partial charge in [-0.3, -0.25) is 5.32 Å². The number of urea groups is 1. The van der Waals surface area contributed by atoms with Crippen molar-refractivity contribution in [2.24, 2.45) is 5.92 Å². The lowest BCUT2D eigenvalue weighted by Gasteiger charge is -2.36. The van der Waals surface area contributed by atoms with Crippen LogP contribution in [0, 0.1) is 5.92 Å². The first-order chi connectivity index (χ1) is 15.2. The first kappa shape index (κ1) is 24.0. The summed E-state index contributed by atoms with van der Waals surface area (Å²) in [7, 11) is 0.255. The number of hydrogen-bond acceptors (Lipinski definition) is 6. The van der Waals surface area contributed by atoms with Gasteiger partial charge in [0.05, 0.1) is 13.3 Å². The Hall–Kier alpha value is -2.66. The molecule has 2 N–H and O–H groups in total. The topological polar surface area (TPSA) is 111 Å². The second kappa shape index (κ2) is 10.3. The molecule has 2 aromatic rings. The highest BCUT2D eigenvalue weighted by Crippen LogP contribution is 2.18. The summed E-state index contributed by atoms with van der Waals surface area (Å²) in [5.74, 6) is 0.490. The number of anilines is 1. The average Bonchev–Trinajstić information content (AvgIpc) is 3.13. The van der Waals surface area contributed by atoms with Crippen LogP contribution in [0.2, 0.25) is 25.7 Å². The third-order valence-electron chi connectivity index (χ3n) is 5.59. The fourth-order valence-electron chi connectivity index (χ4n) is 3.64. The van der Waals surface area contributed by atoms with Crippen molar-refractivity contribution in [3.8, 4) is 0 Å². The van der Waals surface area contributed by atoms with Crippen molar-refractivity contribution in [3.05, 3.63) is 18.5 Å². The molecule has 1 fully saturated rings. The van der Waals surface area contributed by atoms with E-state index in [1.54, 1.807) is 11.1 Å². The van der Waals surface area contributed by atoms with Crippen LogP contribution in [0.25, 0.3) is 11.2 Å². The number of fused-ring (bicyclic) bond motifs is 1. The first-order valence-electron chi connectivity index (χ1n) is 11.0.